The molecule has 0 aromatic heterocycles. The van der Waals surface area contributed by atoms with Crippen LogP contribution in [0, 0.1) is 0 Å². The summed E-state index contributed by atoms with van der Waals surface area (Å²) in [5.74, 6) is -0.178. The molecule has 0 radical (unpaired) electrons. The van der Waals surface area contributed by atoms with Gasteiger partial charge in [0.15, 0.2) is 0 Å². The number of ether oxygens (including phenoxy) is 1. The Hall–Kier alpha value is -0.300. The van der Waals surface area contributed by atoms with Crippen LogP contribution in [0.1, 0.15) is 12.8 Å². The summed E-state index contributed by atoms with van der Waals surface area (Å²) >= 11 is 0. The van der Waals surface area contributed by atoms with E-state index >= 15 is 0 Å². The Morgan fingerprint density at radius 2 is 1.79 bits per heavy atom. The van der Waals surface area contributed by atoms with Crippen molar-refractivity contribution in [2.75, 3.05) is 46.4 Å². The summed E-state index contributed by atoms with van der Waals surface area (Å²) in [6, 6.07) is -0.165. The Morgan fingerprint density at radius 3 is 2.32 bits per heavy atom. The minimum absolute atomic E-state index is 0.165. The quantitative estimate of drug-likeness (QED) is 0.557. The van der Waals surface area contributed by atoms with Crippen LogP contribution < -0.4 is 4.90 Å². The molecular formula is C11H21NO6P+. The van der Waals surface area contributed by atoms with Crippen LogP contribution in [-0.4, -0.2) is 58.4 Å². The summed E-state index contributed by atoms with van der Waals surface area (Å²) in [4.78, 5) is 12.9. The van der Waals surface area contributed by atoms with E-state index in [1.54, 1.807) is 0 Å². The molecule has 1 N–H and O–H groups in total. The van der Waals surface area contributed by atoms with Gasteiger partial charge in [-0.1, -0.05) is 0 Å². The van der Waals surface area contributed by atoms with E-state index < -0.39 is 7.51 Å². The second kappa shape index (κ2) is 4.91. The average molecular weight is 294 g/mol. The molecule has 19 heavy (non-hydrogen) atoms. The number of hydrogen-bond donors (Lipinski definition) is 1. The predicted octanol–water partition coefficient (Wildman–Crippen LogP) is -0.529. The summed E-state index contributed by atoms with van der Waals surface area (Å²) in [5, 5.41) is 0. The molecule has 3 saturated heterocycles. The van der Waals surface area contributed by atoms with Crippen LogP contribution in [0.5, 0.6) is 0 Å². The van der Waals surface area contributed by atoms with E-state index in [9.17, 15) is 4.79 Å². The van der Waals surface area contributed by atoms with Gasteiger partial charge in [-0.15, -0.1) is 0 Å². The zero-order valence-electron chi connectivity index (χ0n) is 11.1. The summed E-state index contributed by atoms with van der Waals surface area (Å²) in [6.07, 6.45) is 2.29. The molecule has 0 aliphatic carbocycles. The van der Waals surface area contributed by atoms with Crippen LogP contribution in [0.2, 0.25) is 0 Å². The number of rotatable bonds is 3. The summed E-state index contributed by atoms with van der Waals surface area (Å²) < 4.78 is 28.1. The van der Waals surface area contributed by atoms with Crippen LogP contribution in [-0.2, 0) is 27.6 Å². The van der Waals surface area contributed by atoms with Crippen molar-refractivity contribution in [3.63, 3.8) is 0 Å². The standard InChI is InChI=1S/C11H20NO6P/c1-14-11(13)10-3-2-4-12(10)9-19(15-5-6-16-19)17-7-8-18-19/h10H,2-9H2,1H3/p+1/t10-/m1/s1. The van der Waals surface area contributed by atoms with Crippen molar-refractivity contribution < 1.29 is 32.5 Å². The number of carbonyl (C=O) groups excluding carboxylic acids is 1. The van der Waals surface area contributed by atoms with Gasteiger partial charge in [-0.05, 0) is 0 Å². The van der Waals surface area contributed by atoms with Crippen LogP contribution in [0.15, 0.2) is 0 Å². The van der Waals surface area contributed by atoms with Gasteiger partial charge >= 0.3 is 111 Å². The van der Waals surface area contributed by atoms with E-state index in [-0.39, 0.29) is 12.0 Å². The van der Waals surface area contributed by atoms with E-state index in [2.05, 4.69) is 0 Å². The number of hydrogen-bond acceptors (Lipinski definition) is 6. The number of quaternary nitrogens is 1. The normalized spacial score (nSPS) is 38.1. The zero-order chi connectivity index (χ0) is 13.4. The van der Waals surface area contributed by atoms with Gasteiger partial charge in [-0.2, -0.15) is 0 Å². The first-order valence-corrected chi connectivity index (χ1v) is 8.80. The third-order valence-corrected chi connectivity index (χ3v) is 7.61. The second-order valence-electron chi connectivity index (χ2n) is 5.08. The molecule has 1 unspecified atom stereocenters. The SMILES string of the molecule is COC(=O)[C@H]1CCC[NH+]1CP12(OCCO1)OCCO2. The van der Waals surface area contributed by atoms with E-state index in [0.717, 1.165) is 24.3 Å². The Bertz CT molecular complexity index is 343. The number of likely N-dealkylation sites (tertiary alicyclic amines) is 1. The van der Waals surface area contributed by atoms with E-state index in [1.807, 2.05) is 0 Å². The second-order valence-corrected chi connectivity index (χ2v) is 8.36. The first-order valence-electron chi connectivity index (χ1n) is 6.71. The third-order valence-electron chi connectivity index (χ3n) is 3.96. The molecule has 1 spiro atoms. The fourth-order valence-corrected chi connectivity index (χ4v) is 6.68. The van der Waals surface area contributed by atoms with Gasteiger partial charge in [0.05, 0.1) is 0 Å². The number of methoxy groups -OCH3 is 1. The molecule has 2 atom stereocenters. The monoisotopic (exact) mass is 294 g/mol. The summed E-state index contributed by atoms with van der Waals surface area (Å²) in [5.41, 5.74) is 0. The van der Waals surface area contributed by atoms with Crippen molar-refractivity contribution >= 4 is 13.5 Å². The fourth-order valence-electron chi connectivity index (χ4n) is 3.12. The topological polar surface area (TPSA) is 67.7 Å². The molecule has 3 rings (SSSR count). The van der Waals surface area contributed by atoms with Crippen molar-refractivity contribution in [2.24, 2.45) is 0 Å². The van der Waals surface area contributed by atoms with Crippen molar-refractivity contribution in [2.45, 2.75) is 18.9 Å². The number of nitrogens with one attached hydrogen (secondary N) is 1. The van der Waals surface area contributed by atoms with Gasteiger partial charge in [-0.3, -0.25) is 0 Å². The maximum absolute atomic E-state index is 11.8. The number of esters is 1. The van der Waals surface area contributed by atoms with E-state index in [4.69, 9.17) is 22.8 Å². The van der Waals surface area contributed by atoms with Gasteiger partial charge in [-0.25, -0.2) is 0 Å². The average Bonchev–Trinajstić information content (AvgIpc) is 3.13. The fraction of sp³-hybridized carbons (Fsp3) is 0.909. The Morgan fingerprint density at radius 1 is 1.21 bits per heavy atom. The van der Waals surface area contributed by atoms with Crippen LogP contribution >= 0.6 is 7.51 Å². The zero-order valence-corrected chi connectivity index (χ0v) is 12.0. The predicted molar refractivity (Wildman–Crippen MR) is 66.5 cm³/mol. The molecule has 110 valence electrons. The molecule has 3 fully saturated rings. The van der Waals surface area contributed by atoms with Crippen molar-refractivity contribution in [1.29, 1.82) is 0 Å². The van der Waals surface area contributed by atoms with Gasteiger partial charge in [0.25, 0.3) is 0 Å². The van der Waals surface area contributed by atoms with Gasteiger partial charge in [0, 0.05) is 0 Å². The molecule has 3 aliphatic rings. The van der Waals surface area contributed by atoms with Crippen molar-refractivity contribution in [1.82, 2.24) is 0 Å². The van der Waals surface area contributed by atoms with Gasteiger partial charge in [0.1, 0.15) is 0 Å². The van der Waals surface area contributed by atoms with Gasteiger partial charge < -0.3 is 0 Å². The molecule has 0 amide bonds. The van der Waals surface area contributed by atoms with Crippen molar-refractivity contribution in [3.8, 4) is 0 Å². The van der Waals surface area contributed by atoms with E-state index in [1.165, 1.54) is 7.11 Å². The first kappa shape index (κ1) is 13.7. The van der Waals surface area contributed by atoms with E-state index in [0.29, 0.717) is 32.7 Å². The summed E-state index contributed by atoms with van der Waals surface area (Å²) in [6.45, 7) is 2.86. The molecule has 0 aromatic rings. The molecule has 0 bridgehead atoms. The van der Waals surface area contributed by atoms with Crippen LogP contribution in [0.4, 0.5) is 0 Å². The first-order chi connectivity index (χ1) is 9.17. The Kier molecular flexibility index (Phi) is 3.53. The Balaban J connectivity index is 1.77. The maximum atomic E-state index is 11.8. The molecule has 7 nitrogen and oxygen atoms in total. The molecule has 0 aromatic carbocycles. The molecule has 0 saturated carbocycles. The molecule has 3 aliphatic heterocycles. The third kappa shape index (κ3) is 2.28. The van der Waals surface area contributed by atoms with Crippen molar-refractivity contribution in [3.05, 3.63) is 0 Å². The molecular weight excluding hydrogens is 273 g/mol. The minimum atomic E-state index is -3.41. The summed E-state index contributed by atoms with van der Waals surface area (Å²) in [7, 11) is -1.98. The van der Waals surface area contributed by atoms with Crippen LogP contribution in [0.25, 0.3) is 0 Å². The Labute approximate surface area is 112 Å². The molecule has 8 heteroatoms. The number of carbonyl (C=O) groups is 1. The van der Waals surface area contributed by atoms with Gasteiger partial charge in [0.2, 0.25) is 0 Å². The van der Waals surface area contributed by atoms with Crippen LogP contribution in [0.3, 0.4) is 0 Å². The molecule has 3 heterocycles.